The Morgan fingerprint density at radius 3 is 2.30 bits per heavy atom. The molecule has 0 saturated carbocycles. The molecule has 0 aliphatic heterocycles. The molecule has 0 aromatic heterocycles. The van der Waals surface area contributed by atoms with E-state index in [1.54, 1.807) is 18.9 Å². The molecule has 7 heteroatoms. The van der Waals surface area contributed by atoms with Crippen molar-refractivity contribution in [1.29, 1.82) is 0 Å². The Kier molecular flexibility index (Phi) is 17.4. The summed E-state index contributed by atoms with van der Waals surface area (Å²) in [6.45, 7) is 5.69. The fourth-order valence-electron chi connectivity index (χ4n) is 2.74. The second-order valence-corrected chi connectivity index (χ2v) is 6.81. The van der Waals surface area contributed by atoms with E-state index in [1.165, 1.54) is 32.1 Å². The molecule has 1 atom stereocenters. The number of nitrogens with one attached hydrogen (secondary N) is 1. The minimum atomic E-state index is -0.405. The number of carbonyl (C=O) groups excluding carboxylic acids is 2. The number of rotatable bonds is 18. The van der Waals surface area contributed by atoms with E-state index in [2.05, 4.69) is 12.2 Å². The first-order chi connectivity index (χ1) is 13.1. The van der Waals surface area contributed by atoms with E-state index in [4.69, 9.17) is 14.6 Å². The largest absolute Gasteiger partial charge is 0.464 e. The summed E-state index contributed by atoms with van der Waals surface area (Å²) >= 11 is 0. The third kappa shape index (κ3) is 14.5. The topological polar surface area (TPSA) is 88.1 Å². The summed E-state index contributed by atoms with van der Waals surface area (Å²) in [5, 5.41) is 11.8. The van der Waals surface area contributed by atoms with Crippen molar-refractivity contribution in [2.75, 3.05) is 46.6 Å². The van der Waals surface area contributed by atoms with Crippen molar-refractivity contribution in [1.82, 2.24) is 10.2 Å². The van der Waals surface area contributed by atoms with Crippen LogP contribution in [0.3, 0.4) is 0 Å². The van der Waals surface area contributed by atoms with Crippen LogP contribution in [0.2, 0.25) is 0 Å². The van der Waals surface area contributed by atoms with Gasteiger partial charge < -0.3 is 24.8 Å². The number of esters is 1. The first-order valence-electron chi connectivity index (χ1n) is 10.3. The molecular formula is C20H40N2O5. The van der Waals surface area contributed by atoms with Crippen LogP contribution in [-0.4, -0.2) is 74.5 Å². The maximum atomic E-state index is 12.4. The summed E-state index contributed by atoms with van der Waals surface area (Å²) in [6, 6.07) is -0.405. The van der Waals surface area contributed by atoms with E-state index in [0.29, 0.717) is 32.7 Å². The molecule has 0 spiro atoms. The van der Waals surface area contributed by atoms with Crippen molar-refractivity contribution in [3.8, 4) is 0 Å². The van der Waals surface area contributed by atoms with Gasteiger partial charge in [0.05, 0.1) is 25.8 Å². The van der Waals surface area contributed by atoms with E-state index in [9.17, 15) is 9.59 Å². The Hall–Kier alpha value is -1.18. The number of hydrogen-bond donors (Lipinski definition) is 2. The number of hydrogen-bond acceptors (Lipinski definition) is 6. The van der Waals surface area contributed by atoms with Gasteiger partial charge in [-0.15, -0.1) is 0 Å². The lowest BCUT2D eigenvalue weighted by Crippen LogP contribution is -2.47. The highest BCUT2D eigenvalue weighted by atomic mass is 16.5. The molecule has 1 amide bonds. The quantitative estimate of drug-likeness (QED) is 0.276. The average molecular weight is 389 g/mol. The highest BCUT2D eigenvalue weighted by Crippen LogP contribution is 2.08. The molecule has 0 rings (SSSR count). The number of ether oxygens (including phenoxy) is 2. The SMILES string of the molecule is CCCCCCCCCC(=O)OCCN(CCOC)C(=O)C(C)NCCO. The van der Waals surface area contributed by atoms with E-state index in [0.717, 1.165) is 12.8 Å². The van der Waals surface area contributed by atoms with E-state index in [-0.39, 0.29) is 25.1 Å². The fraction of sp³-hybridized carbons (Fsp3) is 0.900. The Balaban J connectivity index is 4.02. The van der Waals surface area contributed by atoms with Crippen molar-refractivity contribution >= 4 is 11.9 Å². The van der Waals surface area contributed by atoms with Crippen LogP contribution in [-0.2, 0) is 19.1 Å². The van der Waals surface area contributed by atoms with Gasteiger partial charge in [-0.05, 0) is 13.3 Å². The zero-order valence-electron chi connectivity index (χ0n) is 17.5. The van der Waals surface area contributed by atoms with Gasteiger partial charge in [0.1, 0.15) is 6.61 Å². The van der Waals surface area contributed by atoms with Gasteiger partial charge in [-0.25, -0.2) is 0 Å². The number of aliphatic hydroxyl groups excluding tert-OH is 1. The van der Waals surface area contributed by atoms with Crippen LogP contribution in [0, 0.1) is 0 Å². The third-order valence-corrected chi connectivity index (χ3v) is 4.42. The van der Waals surface area contributed by atoms with Gasteiger partial charge in [-0.2, -0.15) is 0 Å². The van der Waals surface area contributed by atoms with Crippen LogP contribution in [0.25, 0.3) is 0 Å². The summed E-state index contributed by atoms with van der Waals surface area (Å²) in [7, 11) is 1.58. The number of amides is 1. The number of unbranched alkanes of at least 4 members (excludes halogenated alkanes) is 6. The Labute approximate surface area is 164 Å². The van der Waals surface area contributed by atoms with Crippen LogP contribution in [0.5, 0.6) is 0 Å². The molecule has 0 aromatic rings. The molecule has 0 saturated heterocycles. The molecule has 0 fully saturated rings. The first kappa shape index (κ1) is 25.8. The average Bonchev–Trinajstić information content (AvgIpc) is 2.67. The first-order valence-corrected chi connectivity index (χ1v) is 10.3. The van der Waals surface area contributed by atoms with Gasteiger partial charge in [-0.3, -0.25) is 9.59 Å². The summed E-state index contributed by atoms with van der Waals surface area (Å²) < 4.78 is 10.3. The van der Waals surface area contributed by atoms with Crippen molar-refractivity contribution in [3.05, 3.63) is 0 Å². The second-order valence-electron chi connectivity index (χ2n) is 6.81. The summed E-state index contributed by atoms with van der Waals surface area (Å²) in [6.07, 6.45) is 8.57. The minimum Gasteiger partial charge on any atom is -0.464 e. The predicted molar refractivity (Wildman–Crippen MR) is 107 cm³/mol. The number of nitrogens with zero attached hydrogens (tertiary/aromatic N) is 1. The van der Waals surface area contributed by atoms with Crippen molar-refractivity contribution in [3.63, 3.8) is 0 Å². The van der Waals surface area contributed by atoms with Crippen LogP contribution < -0.4 is 5.32 Å². The molecule has 0 aliphatic carbocycles. The summed E-state index contributed by atoms with van der Waals surface area (Å²) in [5.41, 5.74) is 0. The van der Waals surface area contributed by atoms with E-state index < -0.39 is 6.04 Å². The van der Waals surface area contributed by atoms with Gasteiger partial charge in [0, 0.05) is 26.6 Å². The van der Waals surface area contributed by atoms with Gasteiger partial charge in [0.15, 0.2) is 0 Å². The highest BCUT2D eigenvalue weighted by Gasteiger charge is 2.20. The molecule has 0 aromatic carbocycles. The summed E-state index contributed by atoms with van der Waals surface area (Å²) in [5.74, 6) is -0.294. The van der Waals surface area contributed by atoms with Crippen molar-refractivity contribution < 1.29 is 24.2 Å². The van der Waals surface area contributed by atoms with E-state index in [1.807, 2.05) is 0 Å². The zero-order valence-corrected chi connectivity index (χ0v) is 17.5. The normalized spacial score (nSPS) is 12.0. The molecule has 7 nitrogen and oxygen atoms in total. The Morgan fingerprint density at radius 1 is 1.04 bits per heavy atom. The van der Waals surface area contributed by atoms with Gasteiger partial charge in [0.2, 0.25) is 5.91 Å². The summed E-state index contributed by atoms with van der Waals surface area (Å²) in [4.78, 5) is 25.9. The third-order valence-electron chi connectivity index (χ3n) is 4.42. The molecule has 1 unspecified atom stereocenters. The molecule has 0 heterocycles. The van der Waals surface area contributed by atoms with E-state index >= 15 is 0 Å². The lowest BCUT2D eigenvalue weighted by molar-refractivity contribution is -0.146. The monoisotopic (exact) mass is 388 g/mol. The van der Waals surface area contributed by atoms with Crippen LogP contribution in [0.1, 0.15) is 65.2 Å². The Bertz CT molecular complexity index is 379. The molecule has 0 bridgehead atoms. The number of carbonyl (C=O) groups is 2. The van der Waals surface area contributed by atoms with Crippen LogP contribution >= 0.6 is 0 Å². The maximum absolute atomic E-state index is 12.4. The van der Waals surface area contributed by atoms with Crippen LogP contribution in [0.15, 0.2) is 0 Å². The predicted octanol–water partition coefficient (Wildman–Crippen LogP) is 2.12. The number of methoxy groups -OCH3 is 1. The maximum Gasteiger partial charge on any atom is 0.305 e. The zero-order chi connectivity index (χ0) is 20.3. The highest BCUT2D eigenvalue weighted by molar-refractivity contribution is 5.81. The van der Waals surface area contributed by atoms with Gasteiger partial charge in [0.25, 0.3) is 0 Å². The second kappa shape index (κ2) is 18.2. The Morgan fingerprint density at radius 2 is 1.67 bits per heavy atom. The molecule has 0 radical (unpaired) electrons. The molecule has 27 heavy (non-hydrogen) atoms. The molecular weight excluding hydrogens is 348 g/mol. The number of aliphatic hydroxyl groups is 1. The molecule has 0 aliphatic rings. The van der Waals surface area contributed by atoms with Crippen molar-refractivity contribution in [2.24, 2.45) is 0 Å². The minimum absolute atomic E-state index is 0.0219. The van der Waals surface area contributed by atoms with Gasteiger partial charge in [-0.1, -0.05) is 45.4 Å². The fourth-order valence-corrected chi connectivity index (χ4v) is 2.74. The molecule has 2 N–H and O–H groups in total. The smallest absolute Gasteiger partial charge is 0.305 e. The van der Waals surface area contributed by atoms with Crippen LogP contribution in [0.4, 0.5) is 0 Å². The lowest BCUT2D eigenvalue weighted by atomic mass is 10.1. The molecule has 160 valence electrons. The van der Waals surface area contributed by atoms with Gasteiger partial charge >= 0.3 is 5.97 Å². The standard InChI is InChI=1S/C20H40N2O5/c1-4-5-6-7-8-9-10-11-19(24)27-17-14-22(13-16-26-3)20(25)18(2)21-12-15-23/h18,21,23H,4-17H2,1-3H3. The lowest BCUT2D eigenvalue weighted by Gasteiger charge is -2.25. The van der Waals surface area contributed by atoms with Crippen molar-refractivity contribution in [2.45, 2.75) is 71.3 Å².